The lowest BCUT2D eigenvalue weighted by Crippen LogP contribution is -2.21. The number of halogens is 6. The zero-order valence-corrected chi connectivity index (χ0v) is 14.8. The molecule has 2 aromatic heterocycles. The van der Waals surface area contributed by atoms with E-state index in [-0.39, 0.29) is 19.0 Å². The Balaban J connectivity index is 1.94. The van der Waals surface area contributed by atoms with Crippen molar-refractivity contribution in [1.29, 1.82) is 0 Å². The number of anilines is 1. The third-order valence-corrected chi connectivity index (χ3v) is 4.55. The minimum atomic E-state index is -4.91. The van der Waals surface area contributed by atoms with Crippen LogP contribution in [-0.2, 0) is 24.9 Å². The number of fused-ring (bicyclic) bond motifs is 1. The van der Waals surface area contributed by atoms with Gasteiger partial charge in [-0.15, -0.1) is 0 Å². The van der Waals surface area contributed by atoms with Crippen LogP contribution in [0.5, 0.6) is 0 Å². The van der Waals surface area contributed by atoms with Crippen molar-refractivity contribution in [1.82, 2.24) is 19.5 Å². The molecular weight excluding hydrogens is 423 g/mol. The fourth-order valence-electron chi connectivity index (χ4n) is 1.86. The standard InChI is InChI=1S/C12H14F6N5O4P/c13-11(14,15)3-26-28(24,27-4-12(16,17)18)7-25-2-1-23-6-22-8-9(19)20-5-21-10(8)23/h5-6H,1-4,7H2,(H2,19,20,21). The molecule has 2 rings (SSSR count). The predicted molar refractivity (Wildman–Crippen MR) is 82.2 cm³/mol. The molecule has 158 valence electrons. The first kappa shape index (κ1) is 22.3. The van der Waals surface area contributed by atoms with Crippen molar-refractivity contribution in [2.24, 2.45) is 0 Å². The van der Waals surface area contributed by atoms with Gasteiger partial charge in [-0.2, -0.15) is 26.3 Å². The van der Waals surface area contributed by atoms with E-state index in [1.165, 1.54) is 17.2 Å². The van der Waals surface area contributed by atoms with E-state index in [0.29, 0.717) is 11.2 Å². The number of rotatable bonds is 9. The van der Waals surface area contributed by atoms with Crippen molar-refractivity contribution in [3.05, 3.63) is 12.7 Å². The zero-order chi connectivity index (χ0) is 21.0. The number of ether oxygens (including phenoxy) is 1. The topological polar surface area (TPSA) is 114 Å². The summed E-state index contributed by atoms with van der Waals surface area (Å²) in [6.07, 6.45) is -8.41. The molecular formula is C12H14F6N5O4P. The van der Waals surface area contributed by atoms with Crippen molar-refractivity contribution < 1.29 is 44.7 Å². The molecule has 0 spiro atoms. The maximum Gasteiger partial charge on any atom is 0.412 e. The Kier molecular flexibility index (Phi) is 6.85. The molecule has 2 heterocycles. The van der Waals surface area contributed by atoms with Crippen molar-refractivity contribution in [2.75, 3.05) is 31.9 Å². The lowest BCUT2D eigenvalue weighted by Gasteiger charge is -2.20. The number of alkyl halides is 6. The Morgan fingerprint density at radius 3 is 2.21 bits per heavy atom. The van der Waals surface area contributed by atoms with E-state index in [1.54, 1.807) is 0 Å². The van der Waals surface area contributed by atoms with E-state index in [0.717, 1.165) is 0 Å². The second-order valence-electron chi connectivity index (χ2n) is 5.29. The van der Waals surface area contributed by atoms with Crippen LogP contribution in [0, 0.1) is 0 Å². The summed E-state index contributed by atoms with van der Waals surface area (Å²) >= 11 is 0. The molecule has 0 fully saturated rings. The Morgan fingerprint density at radius 2 is 1.64 bits per heavy atom. The molecule has 0 aliphatic rings. The van der Waals surface area contributed by atoms with Crippen LogP contribution in [0.2, 0.25) is 0 Å². The minimum absolute atomic E-state index is 0.0332. The van der Waals surface area contributed by atoms with Crippen LogP contribution >= 0.6 is 7.60 Å². The molecule has 0 radical (unpaired) electrons. The number of imidazole rings is 1. The van der Waals surface area contributed by atoms with E-state index in [2.05, 4.69) is 24.0 Å². The summed E-state index contributed by atoms with van der Waals surface area (Å²) < 4.78 is 99.8. The minimum Gasteiger partial charge on any atom is -0.382 e. The average Bonchev–Trinajstić information content (AvgIpc) is 2.99. The van der Waals surface area contributed by atoms with Gasteiger partial charge in [0.15, 0.2) is 24.7 Å². The molecule has 2 aromatic rings. The third-order valence-electron chi connectivity index (χ3n) is 3.01. The normalized spacial score (nSPS) is 13.4. The maximum atomic E-state index is 12.2. The van der Waals surface area contributed by atoms with Crippen LogP contribution in [0.1, 0.15) is 0 Å². The molecule has 0 saturated heterocycles. The highest BCUT2D eigenvalue weighted by atomic mass is 31.2. The number of hydrogen-bond donors (Lipinski definition) is 1. The molecule has 2 N–H and O–H groups in total. The molecule has 0 amide bonds. The largest absolute Gasteiger partial charge is 0.412 e. The number of nitrogens with two attached hydrogens (primary N) is 1. The van der Waals surface area contributed by atoms with Gasteiger partial charge in [0.2, 0.25) is 0 Å². The van der Waals surface area contributed by atoms with Gasteiger partial charge in [-0.3, -0.25) is 13.6 Å². The Morgan fingerprint density at radius 1 is 1.04 bits per heavy atom. The molecule has 16 heteroatoms. The third kappa shape index (κ3) is 6.89. The lowest BCUT2D eigenvalue weighted by molar-refractivity contribution is -0.166. The van der Waals surface area contributed by atoms with Gasteiger partial charge < -0.3 is 15.0 Å². The molecule has 0 aliphatic carbocycles. The average molecular weight is 437 g/mol. The van der Waals surface area contributed by atoms with E-state index >= 15 is 0 Å². The fourth-order valence-corrected chi connectivity index (χ4v) is 3.12. The summed E-state index contributed by atoms with van der Waals surface area (Å²) in [6, 6.07) is 0. The van der Waals surface area contributed by atoms with E-state index in [1.807, 2.05) is 0 Å². The Labute approximate surface area is 153 Å². The lowest BCUT2D eigenvalue weighted by atomic mass is 10.5. The van der Waals surface area contributed by atoms with Crippen molar-refractivity contribution >= 4 is 24.6 Å². The number of nitrogens with zero attached hydrogens (tertiary/aromatic N) is 4. The van der Waals surface area contributed by atoms with E-state index in [4.69, 9.17) is 10.5 Å². The molecule has 28 heavy (non-hydrogen) atoms. The zero-order valence-electron chi connectivity index (χ0n) is 13.9. The van der Waals surface area contributed by atoms with Crippen LogP contribution in [-0.4, -0.2) is 58.0 Å². The fraction of sp³-hybridized carbons (Fsp3) is 0.583. The second kappa shape index (κ2) is 8.59. The van der Waals surface area contributed by atoms with E-state index in [9.17, 15) is 30.9 Å². The van der Waals surface area contributed by atoms with Gasteiger partial charge in [-0.25, -0.2) is 15.0 Å². The van der Waals surface area contributed by atoms with Gasteiger partial charge in [0.25, 0.3) is 0 Å². The maximum absolute atomic E-state index is 12.2. The summed E-state index contributed by atoms with van der Waals surface area (Å²) in [5.74, 6) is 0.121. The number of hydrogen-bond acceptors (Lipinski definition) is 8. The second-order valence-corrected chi connectivity index (χ2v) is 7.29. The summed E-state index contributed by atoms with van der Waals surface area (Å²) in [7, 11) is -4.81. The van der Waals surface area contributed by atoms with E-state index < -0.39 is 39.5 Å². The monoisotopic (exact) mass is 437 g/mol. The van der Waals surface area contributed by atoms with Crippen LogP contribution in [0.25, 0.3) is 11.2 Å². The highest BCUT2D eigenvalue weighted by Gasteiger charge is 2.38. The van der Waals surface area contributed by atoms with Crippen LogP contribution in [0.15, 0.2) is 12.7 Å². The van der Waals surface area contributed by atoms with Crippen molar-refractivity contribution in [2.45, 2.75) is 18.9 Å². The van der Waals surface area contributed by atoms with Gasteiger partial charge in [0.05, 0.1) is 12.9 Å². The van der Waals surface area contributed by atoms with Crippen LogP contribution < -0.4 is 5.73 Å². The summed E-state index contributed by atoms with van der Waals surface area (Å²) in [6.45, 7) is -4.32. The van der Waals surface area contributed by atoms with Crippen molar-refractivity contribution in [3.63, 3.8) is 0 Å². The Hall–Kier alpha value is -1.96. The van der Waals surface area contributed by atoms with Crippen LogP contribution in [0.3, 0.4) is 0 Å². The summed E-state index contributed by atoms with van der Waals surface area (Å²) in [5, 5.41) is 0. The highest BCUT2D eigenvalue weighted by molar-refractivity contribution is 7.53. The highest BCUT2D eigenvalue weighted by Crippen LogP contribution is 2.50. The van der Waals surface area contributed by atoms with Crippen molar-refractivity contribution in [3.8, 4) is 0 Å². The first-order valence-corrected chi connectivity index (χ1v) is 9.12. The molecule has 0 saturated carbocycles. The van der Waals surface area contributed by atoms with Gasteiger partial charge in [0, 0.05) is 6.54 Å². The summed E-state index contributed by atoms with van der Waals surface area (Å²) in [5.41, 5.74) is 6.24. The molecule has 0 unspecified atom stereocenters. The van der Waals surface area contributed by atoms with Gasteiger partial charge >= 0.3 is 19.9 Å². The Bertz CT molecular complexity index is 820. The number of aromatic nitrogens is 4. The molecule has 0 bridgehead atoms. The first-order chi connectivity index (χ1) is 12.9. The smallest absolute Gasteiger partial charge is 0.382 e. The SMILES string of the molecule is Nc1ncnc2c1ncn2CCOCP(=O)(OCC(F)(F)F)OCC(F)(F)F. The predicted octanol–water partition coefficient (Wildman–Crippen LogP) is 2.73. The quantitative estimate of drug-likeness (QED) is 0.362. The summed E-state index contributed by atoms with van der Waals surface area (Å²) in [4.78, 5) is 11.6. The first-order valence-electron chi connectivity index (χ1n) is 7.39. The molecule has 0 atom stereocenters. The van der Waals surface area contributed by atoms with Gasteiger partial charge in [-0.1, -0.05) is 0 Å². The molecule has 0 aliphatic heterocycles. The molecule has 9 nitrogen and oxygen atoms in total. The number of nitrogen functional groups attached to an aromatic ring is 1. The van der Waals surface area contributed by atoms with Crippen LogP contribution in [0.4, 0.5) is 32.2 Å². The van der Waals surface area contributed by atoms with Gasteiger partial charge in [0.1, 0.15) is 18.2 Å². The molecule has 0 aromatic carbocycles. The van der Waals surface area contributed by atoms with Gasteiger partial charge in [-0.05, 0) is 0 Å².